The number of halogens is 2. The molecule has 1 atom stereocenters. The van der Waals surface area contributed by atoms with Crippen LogP contribution in [0.2, 0.25) is 10.0 Å². The van der Waals surface area contributed by atoms with Gasteiger partial charge in [0.2, 0.25) is 5.91 Å². The summed E-state index contributed by atoms with van der Waals surface area (Å²) < 4.78 is 4.99. The van der Waals surface area contributed by atoms with E-state index in [1.165, 1.54) is 0 Å². The van der Waals surface area contributed by atoms with Crippen LogP contribution in [0.3, 0.4) is 0 Å². The first kappa shape index (κ1) is 18.5. The molecule has 0 bridgehead atoms. The van der Waals surface area contributed by atoms with Crippen LogP contribution >= 0.6 is 23.2 Å². The number of hydrogen-bond donors (Lipinski definition) is 1. The molecule has 0 unspecified atom stereocenters. The molecule has 1 fully saturated rings. The van der Waals surface area contributed by atoms with Crippen molar-refractivity contribution in [3.8, 4) is 0 Å². The minimum absolute atomic E-state index is 0.0531. The van der Waals surface area contributed by atoms with Crippen molar-refractivity contribution in [2.45, 2.75) is 25.8 Å². The summed E-state index contributed by atoms with van der Waals surface area (Å²) >= 11 is 12.2. The van der Waals surface area contributed by atoms with Crippen molar-refractivity contribution in [2.24, 2.45) is 5.92 Å². The zero-order chi connectivity index (χ0) is 16.7. The average molecular weight is 359 g/mol. The number of rotatable bonds is 7. The van der Waals surface area contributed by atoms with Crippen LogP contribution < -0.4 is 5.32 Å². The molecule has 1 heterocycles. The summed E-state index contributed by atoms with van der Waals surface area (Å²) in [6, 6.07) is 5.58. The number of likely N-dealkylation sites (tertiary alicyclic amines) is 1. The van der Waals surface area contributed by atoms with Crippen molar-refractivity contribution < 1.29 is 9.53 Å². The van der Waals surface area contributed by atoms with Gasteiger partial charge in [0.05, 0.1) is 5.92 Å². The van der Waals surface area contributed by atoms with E-state index in [-0.39, 0.29) is 11.8 Å². The van der Waals surface area contributed by atoms with Gasteiger partial charge < -0.3 is 10.1 Å². The van der Waals surface area contributed by atoms with Gasteiger partial charge in [0.15, 0.2) is 0 Å². The number of carbonyl (C=O) groups excluding carboxylic acids is 1. The van der Waals surface area contributed by atoms with Crippen LogP contribution in [0, 0.1) is 5.92 Å². The van der Waals surface area contributed by atoms with E-state index in [2.05, 4.69) is 10.2 Å². The number of carbonyl (C=O) groups is 1. The topological polar surface area (TPSA) is 41.6 Å². The van der Waals surface area contributed by atoms with Crippen LogP contribution in [0.5, 0.6) is 0 Å². The number of benzene rings is 1. The lowest BCUT2D eigenvalue weighted by Crippen LogP contribution is -2.43. The molecule has 0 saturated carbocycles. The summed E-state index contributed by atoms with van der Waals surface area (Å²) in [5.41, 5.74) is 1.05. The number of nitrogens with one attached hydrogen (secondary N) is 1. The van der Waals surface area contributed by atoms with Crippen LogP contribution in [0.1, 0.15) is 24.8 Å². The fourth-order valence-corrected chi connectivity index (χ4v) is 3.34. The third-order valence-corrected chi connectivity index (χ3v) is 4.70. The Morgan fingerprint density at radius 2 is 2.26 bits per heavy atom. The Balaban J connectivity index is 1.84. The molecule has 6 heteroatoms. The second-order valence-electron chi connectivity index (χ2n) is 5.95. The van der Waals surface area contributed by atoms with E-state index in [1.807, 2.05) is 12.1 Å². The first-order valence-electron chi connectivity index (χ1n) is 8.03. The lowest BCUT2D eigenvalue weighted by atomic mass is 9.96. The van der Waals surface area contributed by atoms with Gasteiger partial charge in [-0.05, 0) is 43.5 Å². The van der Waals surface area contributed by atoms with Crippen LogP contribution in [-0.2, 0) is 16.1 Å². The highest BCUT2D eigenvalue weighted by Gasteiger charge is 2.25. The van der Waals surface area contributed by atoms with Crippen LogP contribution in [0.15, 0.2) is 18.2 Å². The maximum Gasteiger partial charge on any atom is 0.224 e. The highest BCUT2D eigenvalue weighted by atomic mass is 35.5. The minimum Gasteiger partial charge on any atom is -0.385 e. The molecule has 23 heavy (non-hydrogen) atoms. The molecule has 4 nitrogen and oxygen atoms in total. The lowest BCUT2D eigenvalue weighted by Gasteiger charge is -2.32. The van der Waals surface area contributed by atoms with E-state index >= 15 is 0 Å². The minimum atomic E-state index is 0.0531. The molecule has 2 rings (SSSR count). The van der Waals surface area contributed by atoms with Gasteiger partial charge in [0.25, 0.3) is 0 Å². The van der Waals surface area contributed by atoms with E-state index in [1.54, 1.807) is 13.2 Å². The van der Waals surface area contributed by atoms with Crippen molar-refractivity contribution in [1.29, 1.82) is 0 Å². The van der Waals surface area contributed by atoms with Crippen LogP contribution in [0.25, 0.3) is 0 Å². The lowest BCUT2D eigenvalue weighted by molar-refractivity contribution is -0.126. The maximum absolute atomic E-state index is 12.2. The molecule has 1 aromatic rings. The van der Waals surface area contributed by atoms with Crippen molar-refractivity contribution in [3.05, 3.63) is 33.8 Å². The van der Waals surface area contributed by atoms with E-state index in [0.717, 1.165) is 44.5 Å². The van der Waals surface area contributed by atoms with Gasteiger partial charge in [0.1, 0.15) is 0 Å². The largest absolute Gasteiger partial charge is 0.385 e. The molecule has 0 aromatic heterocycles. The van der Waals surface area contributed by atoms with Gasteiger partial charge in [-0.25, -0.2) is 0 Å². The van der Waals surface area contributed by atoms with E-state index in [9.17, 15) is 4.79 Å². The number of amides is 1. The molecule has 0 spiro atoms. The highest BCUT2D eigenvalue weighted by molar-refractivity contribution is 6.35. The second-order valence-corrected chi connectivity index (χ2v) is 6.79. The number of ether oxygens (including phenoxy) is 1. The molecular weight excluding hydrogens is 335 g/mol. The van der Waals surface area contributed by atoms with Crippen LogP contribution in [0.4, 0.5) is 0 Å². The first-order chi connectivity index (χ1) is 11.1. The summed E-state index contributed by atoms with van der Waals surface area (Å²) in [6.45, 7) is 3.86. The Morgan fingerprint density at radius 1 is 1.43 bits per heavy atom. The van der Waals surface area contributed by atoms with Crippen molar-refractivity contribution in [2.75, 3.05) is 33.4 Å². The molecule has 1 amide bonds. The summed E-state index contributed by atoms with van der Waals surface area (Å²) in [6.07, 6.45) is 2.82. The van der Waals surface area contributed by atoms with Crippen molar-refractivity contribution >= 4 is 29.1 Å². The fraction of sp³-hybridized carbons (Fsp3) is 0.588. The molecule has 1 aliphatic rings. The van der Waals surface area contributed by atoms with Gasteiger partial charge in [-0.15, -0.1) is 0 Å². The van der Waals surface area contributed by atoms with Crippen molar-refractivity contribution in [1.82, 2.24) is 10.2 Å². The molecule has 1 N–H and O–H groups in total. The molecule has 1 saturated heterocycles. The van der Waals surface area contributed by atoms with E-state index in [4.69, 9.17) is 27.9 Å². The van der Waals surface area contributed by atoms with E-state index in [0.29, 0.717) is 23.2 Å². The quantitative estimate of drug-likeness (QED) is 0.759. The fourth-order valence-electron chi connectivity index (χ4n) is 2.88. The van der Waals surface area contributed by atoms with Crippen LogP contribution in [-0.4, -0.2) is 44.2 Å². The second kappa shape index (κ2) is 9.48. The Hall–Kier alpha value is -0.810. The predicted molar refractivity (Wildman–Crippen MR) is 94.0 cm³/mol. The van der Waals surface area contributed by atoms with Gasteiger partial charge in [-0.3, -0.25) is 9.69 Å². The third kappa shape index (κ3) is 5.96. The normalized spacial score (nSPS) is 18.8. The summed E-state index contributed by atoms with van der Waals surface area (Å²) in [7, 11) is 1.67. The standard InChI is InChI=1S/C17H24Cl2N2O2/c1-23-9-3-7-20-17(22)14-4-2-8-21(12-14)11-13-5-6-15(18)10-16(13)19/h5-6,10,14H,2-4,7-9,11-12H2,1H3,(H,20,22)/t14-/m0/s1. The molecule has 128 valence electrons. The third-order valence-electron chi connectivity index (χ3n) is 4.11. The molecule has 0 radical (unpaired) electrons. The van der Waals surface area contributed by atoms with Gasteiger partial charge in [-0.1, -0.05) is 29.3 Å². The average Bonchev–Trinajstić information content (AvgIpc) is 2.54. The molecule has 1 aliphatic heterocycles. The summed E-state index contributed by atoms with van der Waals surface area (Å²) in [4.78, 5) is 14.5. The summed E-state index contributed by atoms with van der Waals surface area (Å²) in [5.74, 6) is 0.199. The number of piperidine rings is 1. The highest BCUT2D eigenvalue weighted by Crippen LogP contribution is 2.24. The Kier molecular flexibility index (Phi) is 7.63. The van der Waals surface area contributed by atoms with Gasteiger partial charge >= 0.3 is 0 Å². The van der Waals surface area contributed by atoms with Crippen molar-refractivity contribution in [3.63, 3.8) is 0 Å². The monoisotopic (exact) mass is 358 g/mol. The smallest absolute Gasteiger partial charge is 0.224 e. The Labute approximate surface area is 148 Å². The van der Waals surface area contributed by atoms with Gasteiger partial charge in [0, 0.05) is 43.4 Å². The number of nitrogens with zero attached hydrogens (tertiary/aromatic N) is 1. The number of hydrogen-bond acceptors (Lipinski definition) is 3. The maximum atomic E-state index is 12.2. The predicted octanol–water partition coefficient (Wildman–Crippen LogP) is 3.36. The molecular formula is C17H24Cl2N2O2. The Bertz CT molecular complexity index is 525. The zero-order valence-electron chi connectivity index (χ0n) is 13.5. The SMILES string of the molecule is COCCCNC(=O)[C@H]1CCCN(Cc2ccc(Cl)cc2Cl)C1. The van der Waals surface area contributed by atoms with E-state index < -0.39 is 0 Å². The summed E-state index contributed by atoms with van der Waals surface area (Å²) in [5, 5.41) is 4.33. The zero-order valence-corrected chi connectivity index (χ0v) is 15.0. The number of methoxy groups -OCH3 is 1. The van der Waals surface area contributed by atoms with Gasteiger partial charge in [-0.2, -0.15) is 0 Å². The molecule has 0 aliphatic carbocycles. The Morgan fingerprint density at radius 3 is 3.00 bits per heavy atom. The molecule has 1 aromatic carbocycles. The first-order valence-corrected chi connectivity index (χ1v) is 8.78.